The van der Waals surface area contributed by atoms with E-state index in [1.54, 1.807) is 6.20 Å². The largest absolute Gasteiger partial charge is 0.468 e. The van der Waals surface area contributed by atoms with E-state index >= 15 is 0 Å². The molecule has 0 aliphatic heterocycles. The van der Waals surface area contributed by atoms with Gasteiger partial charge in [0.15, 0.2) is 0 Å². The Kier molecular flexibility index (Phi) is 3.64. The van der Waals surface area contributed by atoms with Gasteiger partial charge >= 0.3 is 5.97 Å². The number of methoxy groups -OCH3 is 1. The van der Waals surface area contributed by atoms with Gasteiger partial charge < -0.3 is 15.0 Å². The van der Waals surface area contributed by atoms with Crippen molar-refractivity contribution in [3.05, 3.63) is 30.5 Å². The summed E-state index contributed by atoms with van der Waals surface area (Å²) in [6.07, 6.45) is 4.19. The first-order chi connectivity index (χ1) is 10.2. The van der Waals surface area contributed by atoms with E-state index in [0.717, 1.165) is 22.3 Å². The number of esters is 1. The molecule has 0 bridgehead atoms. The highest BCUT2D eigenvalue weighted by Crippen LogP contribution is 2.34. The molecule has 21 heavy (non-hydrogen) atoms. The summed E-state index contributed by atoms with van der Waals surface area (Å²) in [7, 11) is 3.25. The number of carbonyl (C=O) groups excluding carboxylic acids is 1. The molecule has 5 nitrogen and oxygen atoms in total. The third-order valence-electron chi connectivity index (χ3n) is 3.66. The molecule has 1 aliphatic rings. The maximum Gasteiger partial charge on any atom is 0.325 e. The molecule has 0 atom stereocenters. The van der Waals surface area contributed by atoms with Gasteiger partial charge in [-0.25, -0.2) is 4.98 Å². The van der Waals surface area contributed by atoms with Crippen molar-refractivity contribution in [2.75, 3.05) is 30.9 Å². The number of benzene rings is 1. The predicted octanol–water partition coefficient (Wildman–Crippen LogP) is 2.42. The van der Waals surface area contributed by atoms with Crippen molar-refractivity contribution in [2.45, 2.75) is 18.9 Å². The van der Waals surface area contributed by atoms with Gasteiger partial charge in [-0.1, -0.05) is 12.1 Å². The third kappa shape index (κ3) is 2.91. The second kappa shape index (κ2) is 5.60. The van der Waals surface area contributed by atoms with Crippen molar-refractivity contribution in [1.82, 2.24) is 4.98 Å². The van der Waals surface area contributed by atoms with Crippen LogP contribution in [-0.4, -0.2) is 37.7 Å². The first kappa shape index (κ1) is 13.7. The van der Waals surface area contributed by atoms with E-state index in [-0.39, 0.29) is 12.5 Å². The average molecular weight is 285 g/mol. The minimum absolute atomic E-state index is 0.181. The molecule has 1 aromatic heterocycles. The molecule has 0 radical (unpaired) electrons. The lowest BCUT2D eigenvalue weighted by Crippen LogP contribution is -2.27. The molecule has 1 heterocycles. The van der Waals surface area contributed by atoms with E-state index in [1.165, 1.54) is 20.0 Å². The molecule has 5 heteroatoms. The fraction of sp³-hybridized carbons (Fsp3) is 0.375. The molecule has 1 saturated carbocycles. The molecule has 3 rings (SSSR count). The summed E-state index contributed by atoms with van der Waals surface area (Å²) in [5.74, 6) is 0.519. The van der Waals surface area contributed by atoms with Gasteiger partial charge in [-0.15, -0.1) is 0 Å². The van der Waals surface area contributed by atoms with Gasteiger partial charge in [-0.3, -0.25) is 4.79 Å². The van der Waals surface area contributed by atoms with E-state index in [0.29, 0.717) is 6.04 Å². The van der Waals surface area contributed by atoms with Crippen molar-refractivity contribution in [1.29, 1.82) is 0 Å². The molecule has 1 aliphatic carbocycles. The molecule has 0 spiro atoms. The molecule has 1 N–H and O–H groups in total. The number of fused-ring (bicyclic) bond motifs is 1. The molecule has 110 valence electrons. The predicted molar refractivity (Wildman–Crippen MR) is 83.7 cm³/mol. The average Bonchev–Trinajstić information content (AvgIpc) is 3.30. The zero-order chi connectivity index (χ0) is 14.8. The maximum absolute atomic E-state index is 11.5. The van der Waals surface area contributed by atoms with Crippen molar-refractivity contribution < 1.29 is 9.53 Å². The van der Waals surface area contributed by atoms with Gasteiger partial charge in [-0.2, -0.15) is 0 Å². The maximum atomic E-state index is 11.5. The van der Waals surface area contributed by atoms with E-state index in [2.05, 4.69) is 22.4 Å². The van der Waals surface area contributed by atoms with Crippen molar-refractivity contribution in [2.24, 2.45) is 0 Å². The van der Waals surface area contributed by atoms with Crippen LogP contribution in [0.4, 0.5) is 11.5 Å². The van der Waals surface area contributed by atoms with Crippen molar-refractivity contribution >= 4 is 28.2 Å². The molecular formula is C16H19N3O2. The zero-order valence-electron chi connectivity index (χ0n) is 12.3. The van der Waals surface area contributed by atoms with Crippen LogP contribution in [0.15, 0.2) is 30.5 Å². The van der Waals surface area contributed by atoms with Crippen molar-refractivity contribution in [3.8, 4) is 0 Å². The Balaban J connectivity index is 2.02. The van der Waals surface area contributed by atoms with Gasteiger partial charge in [-0.05, 0) is 30.4 Å². The number of hydrogen-bond donors (Lipinski definition) is 1. The highest BCUT2D eigenvalue weighted by Gasteiger charge is 2.22. The first-order valence-corrected chi connectivity index (χ1v) is 7.11. The summed E-state index contributed by atoms with van der Waals surface area (Å²) in [6.45, 7) is 0.181. The molecular weight excluding hydrogens is 266 g/mol. The number of anilines is 2. The third-order valence-corrected chi connectivity index (χ3v) is 3.66. The number of nitrogens with zero attached hydrogens (tertiary/aromatic N) is 2. The van der Waals surface area contributed by atoms with E-state index in [9.17, 15) is 4.79 Å². The normalized spacial score (nSPS) is 14.0. The van der Waals surface area contributed by atoms with Gasteiger partial charge in [0, 0.05) is 30.4 Å². The van der Waals surface area contributed by atoms with Crippen LogP contribution in [0.3, 0.4) is 0 Å². The number of hydrogen-bond acceptors (Lipinski definition) is 5. The van der Waals surface area contributed by atoms with Crippen LogP contribution in [0.5, 0.6) is 0 Å². The minimum Gasteiger partial charge on any atom is -0.468 e. The molecule has 1 fully saturated rings. The van der Waals surface area contributed by atoms with E-state index < -0.39 is 0 Å². The molecule has 2 aromatic rings. The summed E-state index contributed by atoms with van der Waals surface area (Å²) < 4.78 is 4.74. The van der Waals surface area contributed by atoms with Gasteiger partial charge in [0.1, 0.15) is 12.4 Å². The molecule has 0 amide bonds. The van der Waals surface area contributed by atoms with Crippen LogP contribution in [0.1, 0.15) is 12.8 Å². The number of carbonyl (C=O) groups is 1. The Labute approximate surface area is 123 Å². The first-order valence-electron chi connectivity index (χ1n) is 7.11. The summed E-state index contributed by atoms with van der Waals surface area (Å²) in [6, 6.07) is 8.72. The van der Waals surface area contributed by atoms with E-state index in [4.69, 9.17) is 4.74 Å². The van der Waals surface area contributed by atoms with Gasteiger partial charge in [0.25, 0.3) is 0 Å². The van der Waals surface area contributed by atoms with E-state index in [1.807, 2.05) is 24.1 Å². The monoisotopic (exact) mass is 285 g/mol. The van der Waals surface area contributed by atoms with Crippen LogP contribution < -0.4 is 10.2 Å². The quantitative estimate of drug-likeness (QED) is 0.855. The SMILES string of the molecule is COC(=O)CN(C)c1nccc2cccc(NC3CC3)c12. The van der Waals surface area contributed by atoms with Crippen LogP contribution in [0.25, 0.3) is 10.8 Å². The Bertz CT molecular complexity index is 662. The highest BCUT2D eigenvalue weighted by atomic mass is 16.5. The fourth-order valence-corrected chi connectivity index (χ4v) is 2.40. The Morgan fingerprint density at radius 2 is 2.24 bits per heavy atom. The van der Waals surface area contributed by atoms with Crippen LogP contribution in [-0.2, 0) is 9.53 Å². The summed E-state index contributed by atoms with van der Waals surface area (Å²) >= 11 is 0. The molecule has 0 unspecified atom stereocenters. The van der Waals surface area contributed by atoms with Crippen molar-refractivity contribution in [3.63, 3.8) is 0 Å². The number of pyridine rings is 1. The molecule has 0 saturated heterocycles. The summed E-state index contributed by atoms with van der Waals surface area (Å²) in [4.78, 5) is 17.8. The Hall–Kier alpha value is -2.30. The van der Waals surface area contributed by atoms with Crippen LogP contribution in [0, 0.1) is 0 Å². The number of likely N-dealkylation sites (N-methyl/N-ethyl adjacent to an activating group) is 1. The minimum atomic E-state index is -0.274. The number of nitrogens with one attached hydrogen (secondary N) is 1. The highest BCUT2D eigenvalue weighted by molar-refractivity contribution is 6.02. The summed E-state index contributed by atoms with van der Waals surface area (Å²) in [5.41, 5.74) is 1.08. The Morgan fingerprint density at radius 3 is 2.95 bits per heavy atom. The lowest BCUT2D eigenvalue weighted by atomic mass is 10.1. The lowest BCUT2D eigenvalue weighted by molar-refractivity contribution is -0.138. The van der Waals surface area contributed by atoms with Gasteiger partial charge in [0.05, 0.1) is 7.11 Å². The number of ether oxygens (including phenoxy) is 1. The smallest absolute Gasteiger partial charge is 0.325 e. The number of aromatic nitrogens is 1. The number of rotatable bonds is 5. The lowest BCUT2D eigenvalue weighted by Gasteiger charge is -2.20. The molecule has 1 aromatic carbocycles. The Morgan fingerprint density at radius 1 is 1.43 bits per heavy atom. The second-order valence-corrected chi connectivity index (χ2v) is 5.39. The van der Waals surface area contributed by atoms with Crippen LogP contribution in [0.2, 0.25) is 0 Å². The second-order valence-electron chi connectivity index (χ2n) is 5.39. The topological polar surface area (TPSA) is 54.5 Å². The van der Waals surface area contributed by atoms with Gasteiger partial charge in [0.2, 0.25) is 0 Å². The summed E-state index contributed by atoms with van der Waals surface area (Å²) in [5, 5.41) is 5.71. The fourth-order valence-electron chi connectivity index (χ4n) is 2.40. The zero-order valence-corrected chi connectivity index (χ0v) is 12.3. The van der Waals surface area contributed by atoms with Crippen LogP contribution >= 0.6 is 0 Å². The standard InChI is InChI=1S/C16H19N3O2/c1-19(10-14(20)21-2)16-15-11(8-9-17-16)4-3-5-13(15)18-12-6-7-12/h3-5,8-9,12,18H,6-7,10H2,1-2H3.